The van der Waals surface area contributed by atoms with Crippen LogP contribution in [-0.4, -0.2) is 50.1 Å². The van der Waals surface area contributed by atoms with E-state index in [0.29, 0.717) is 17.8 Å². The van der Waals surface area contributed by atoms with E-state index in [1.807, 2.05) is 19.1 Å². The van der Waals surface area contributed by atoms with Crippen molar-refractivity contribution < 1.29 is 14.0 Å². The van der Waals surface area contributed by atoms with Crippen LogP contribution >= 0.6 is 0 Å². The van der Waals surface area contributed by atoms with Gasteiger partial charge < -0.3 is 10.2 Å². The summed E-state index contributed by atoms with van der Waals surface area (Å²) in [6.45, 7) is 1.68. The number of hydrazone groups is 1. The van der Waals surface area contributed by atoms with E-state index in [4.69, 9.17) is 5.10 Å². The number of carbonyl (C=O) groups excluding carboxylic acids is 2. The zero-order chi connectivity index (χ0) is 22.2. The van der Waals surface area contributed by atoms with Crippen LogP contribution in [0.4, 0.5) is 16.0 Å². The van der Waals surface area contributed by atoms with Crippen LogP contribution in [0.25, 0.3) is 0 Å². The molecule has 0 aliphatic carbocycles. The highest BCUT2D eigenvalue weighted by molar-refractivity contribution is 6.08. The fourth-order valence-electron chi connectivity index (χ4n) is 3.83. The molecule has 0 spiro atoms. The lowest BCUT2D eigenvalue weighted by molar-refractivity contribution is -0.117. The molecule has 160 valence electrons. The number of aryl methyl sites for hydroxylation is 1. The zero-order valence-corrected chi connectivity index (χ0v) is 17.1. The number of nitrogens with zero attached hydrogens (tertiary/aromatic N) is 6. The molecule has 2 aliphatic rings. The summed E-state index contributed by atoms with van der Waals surface area (Å²) in [5, 5.41) is 9.02. The number of nitrogens with one attached hydrogen (secondary N) is 1. The van der Waals surface area contributed by atoms with Crippen LogP contribution in [0.3, 0.4) is 0 Å². The number of amides is 2. The Morgan fingerprint density at radius 2 is 2.06 bits per heavy atom. The predicted octanol–water partition coefficient (Wildman–Crippen LogP) is 2.35. The van der Waals surface area contributed by atoms with E-state index >= 15 is 0 Å². The number of hydrogen-bond donors (Lipinski definition) is 1. The van der Waals surface area contributed by atoms with Gasteiger partial charge >= 0.3 is 0 Å². The van der Waals surface area contributed by atoms with Crippen molar-refractivity contribution >= 4 is 29.2 Å². The summed E-state index contributed by atoms with van der Waals surface area (Å²) in [6.07, 6.45) is 4.26. The highest BCUT2D eigenvalue weighted by Gasteiger charge is 2.43. The van der Waals surface area contributed by atoms with E-state index in [1.54, 1.807) is 29.5 Å². The Labute approximate surface area is 182 Å². The Morgan fingerprint density at radius 3 is 2.84 bits per heavy atom. The summed E-state index contributed by atoms with van der Waals surface area (Å²) in [4.78, 5) is 39.8. The molecule has 0 bridgehead atoms. The molecule has 32 heavy (non-hydrogen) atoms. The van der Waals surface area contributed by atoms with E-state index in [1.165, 1.54) is 17.0 Å². The lowest BCUT2D eigenvalue weighted by atomic mass is 10.0. The molecule has 9 nitrogen and oxygen atoms in total. The first-order valence-corrected chi connectivity index (χ1v) is 9.97. The van der Waals surface area contributed by atoms with Gasteiger partial charge in [0, 0.05) is 30.1 Å². The molecule has 2 amide bonds. The van der Waals surface area contributed by atoms with Crippen LogP contribution in [0, 0.1) is 12.7 Å². The van der Waals surface area contributed by atoms with E-state index in [0.717, 1.165) is 23.2 Å². The average molecular weight is 431 g/mol. The van der Waals surface area contributed by atoms with Crippen LogP contribution in [0.2, 0.25) is 0 Å². The second kappa shape index (κ2) is 7.80. The quantitative estimate of drug-likeness (QED) is 0.680. The highest BCUT2D eigenvalue weighted by Crippen LogP contribution is 2.35. The standard InChI is InChI=1S/C22H18FN7O2/c1-13-9-14(6-8-24-13)17-10-20-29(12-19(31)27-18-5-4-15(23)11-26-18)22(32)16-3-2-7-25-21(16)30(20)28-17/h2-9,11,20H,10,12H2,1H3,(H,26,27,31). The van der Waals surface area contributed by atoms with Crippen LogP contribution in [-0.2, 0) is 4.79 Å². The Bertz CT molecular complexity index is 1250. The van der Waals surface area contributed by atoms with Gasteiger partial charge in [-0.3, -0.25) is 14.6 Å². The third-order valence-corrected chi connectivity index (χ3v) is 5.28. The van der Waals surface area contributed by atoms with Crippen LogP contribution in [0.5, 0.6) is 0 Å². The topological polar surface area (TPSA) is 104 Å². The molecule has 0 fully saturated rings. The van der Waals surface area contributed by atoms with Crippen molar-refractivity contribution in [1.29, 1.82) is 0 Å². The van der Waals surface area contributed by atoms with Crippen LogP contribution in [0.15, 0.2) is 60.1 Å². The molecule has 1 N–H and O–H groups in total. The van der Waals surface area contributed by atoms with E-state index in [9.17, 15) is 14.0 Å². The Morgan fingerprint density at radius 1 is 1.19 bits per heavy atom. The van der Waals surface area contributed by atoms with Crippen LogP contribution in [0.1, 0.15) is 28.0 Å². The monoisotopic (exact) mass is 431 g/mol. The molecule has 1 atom stereocenters. The maximum absolute atomic E-state index is 13.2. The molecular formula is C22H18FN7O2. The van der Waals surface area contributed by atoms with Crippen molar-refractivity contribution in [2.75, 3.05) is 16.9 Å². The highest BCUT2D eigenvalue weighted by atomic mass is 19.1. The molecule has 1 unspecified atom stereocenters. The van der Waals surface area contributed by atoms with Gasteiger partial charge in [-0.15, -0.1) is 0 Å². The SMILES string of the molecule is Cc1cc(C2=NN3c4ncccc4C(=O)N(CC(=O)Nc4ccc(F)cn4)C3C2)ccn1. The normalized spacial score (nSPS) is 17.0. The zero-order valence-electron chi connectivity index (χ0n) is 17.1. The number of anilines is 2. The number of aromatic nitrogens is 3. The maximum atomic E-state index is 13.2. The fraction of sp³-hybridized carbons (Fsp3) is 0.182. The van der Waals surface area contributed by atoms with Crippen LogP contribution < -0.4 is 10.3 Å². The molecule has 2 aliphatic heterocycles. The van der Waals surface area contributed by atoms with Gasteiger partial charge in [0.25, 0.3) is 5.91 Å². The molecule has 3 aromatic heterocycles. The lowest BCUT2D eigenvalue weighted by Gasteiger charge is -2.38. The van der Waals surface area contributed by atoms with Gasteiger partial charge in [-0.05, 0) is 43.3 Å². The minimum Gasteiger partial charge on any atom is -0.309 e. The van der Waals surface area contributed by atoms with Gasteiger partial charge in [0.05, 0.1) is 17.5 Å². The van der Waals surface area contributed by atoms with E-state index in [-0.39, 0.29) is 18.3 Å². The molecule has 5 rings (SSSR count). The third-order valence-electron chi connectivity index (χ3n) is 5.28. The van der Waals surface area contributed by atoms with Crippen molar-refractivity contribution in [3.63, 3.8) is 0 Å². The first-order valence-electron chi connectivity index (χ1n) is 9.97. The van der Waals surface area contributed by atoms with Crippen molar-refractivity contribution in [2.24, 2.45) is 5.10 Å². The molecule has 0 saturated carbocycles. The molecule has 5 heterocycles. The Hall–Kier alpha value is -4.21. The average Bonchev–Trinajstić information content (AvgIpc) is 3.24. The lowest BCUT2D eigenvalue weighted by Crippen LogP contribution is -2.54. The van der Waals surface area contributed by atoms with Crippen molar-refractivity contribution in [1.82, 2.24) is 19.9 Å². The van der Waals surface area contributed by atoms with Gasteiger partial charge in [-0.2, -0.15) is 5.10 Å². The van der Waals surface area contributed by atoms with E-state index < -0.39 is 17.9 Å². The van der Waals surface area contributed by atoms with Crippen molar-refractivity contribution in [3.8, 4) is 0 Å². The summed E-state index contributed by atoms with van der Waals surface area (Å²) in [5.74, 6) is -0.594. The van der Waals surface area contributed by atoms with Gasteiger partial charge in [-0.25, -0.2) is 19.4 Å². The van der Waals surface area contributed by atoms with Gasteiger partial charge in [0.15, 0.2) is 5.82 Å². The smallest absolute Gasteiger partial charge is 0.259 e. The second-order valence-corrected chi connectivity index (χ2v) is 7.48. The summed E-state index contributed by atoms with van der Waals surface area (Å²) < 4.78 is 13.1. The molecule has 10 heteroatoms. The molecule has 3 aromatic rings. The minimum absolute atomic E-state index is 0.204. The van der Waals surface area contributed by atoms with Crippen molar-refractivity contribution in [3.05, 3.63) is 77.6 Å². The number of fused-ring (bicyclic) bond motifs is 3. The molecule has 0 saturated heterocycles. The number of hydrogen-bond acceptors (Lipinski definition) is 7. The number of rotatable bonds is 4. The van der Waals surface area contributed by atoms with E-state index in [2.05, 4.69) is 20.3 Å². The second-order valence-electron chi connectivity index (χ2n) is 7.48. The molecule has 0 radical (unpaired) electrons. The first-order chi connectivity index (χ1) is 15.5. The predicted molar refractivity (Wildman–Crippen MR) is 114 cm³/mol. The maximum Gasteiger partial charge on any atom is 0.259 e. The minimum atomic E-state index is -0.504. The van der Waals surface area contributed by atoms with Gasteiger partial charge in [0.1, 0.15) is 24.3 Å². The molecule has 0 aromatic carbocycles. The summed E-state index contributed by atoms with van der Waals surface area (Å²) in [6, 6.07) is 9.69. The summed E-state index contributed by atoms with van der Waals surface area (Å²) >= 11 is 0. The number of carbonyl (C=O) groups is 2. The van der Waals surface area contributed by atoms with Crippen molar-refractivity contribution in [2.45, 2.75) is 19.5 Å². The third kappa shape index (κ3) is 3.55. The number of pyridine rings is 3. The number of halogens is 1. The fourth-order valence-corrected chi connectivity index (χ4v) is 3.83. The Kier molecular flexibility index (Phi) is 4.81. The first kappa shape index (κ1) is 19.7. The molecular weight excluding hydrogens is 413 g/mol. The summed E-state index contributed by atoms with van der Waals surface area (Å²) in [5.41, 5.74) is 2.90. The largest absolute Gasteiger partial charge is 0.309 e. The Balaban J connectivity index is 1.44. The van der Waals surface area contributed by atoms with Gasteiger partial charge in [0.2, 0.25) is 5.91 Å². The summed E-state index contributed by atoms with van der Waals surface area (Å²) in [7, 11) is 0. The van der Waals surface area contributed by atoms with Gasteiger partial charge in [-0.1, -0.05) is 0 Å².